The summed E-state index contributed by atoms with van der Waals surface area (Å²) in [6.45, 7) is 20.7. The largest absolute Gasteiger partial charge is 0.434 e. The minimum Gasteiger partial charge on any atom is -0.289 e. The fourth-order valence-corrected chi connectivity index (χ4v) is 7.46. The number of hydrogen-bond acceptors (Lipinski definition) is 3. The summed E-state index contributed by atoms with van der Waals surface area (Å²) in [7, 11) is -2.43. The first-order chi connectivity index (χ1) is 16.0. The zero-order valence-electron chi connectivity index (χ0n) is 23.3. The lowest BCUT2D eigenvalue weighted by Crippen LogP contribution is -2.35. The number of carbonyl (C=O) groups is 2. The van der Waals surface area contributed by atoms with E-state index in [1.165, 1.54) is 5.56 Å². The van der Waals surface area contributed by atoms with Gasteiger partial charge in [-0.3, -0.25) is 4.79 Å². The molecule has 2 aromatic rings. The second-order valence-electron chi connectivity index (χ2n) is 12.6. The zero-order chi connectivity index (χ0) is 26.5. The molecule has 0 amide bonds. The third kappa shape index (κ3) is 5.08. The van der Waals surface area contributed by atoms with Gasteiger partial charge in [0.05, 0.1) is 5.56 Å². The van der Waals surface area contributed by atoms with E-state index in [4.69, 9.17) is 0 Å². The van der Waals surface area contributed by atoms with Crippen LogP contribution in [0.5, 0.6) is 0 Å². The third-order valence-corrected chi connectivity index (χ3v) is 9.69. The molecule has 188 valence electrons. The number of carbonyl (C=O) groups excluding carboxylic acids is 2. The van der Waals surface area contributed by atoms with Crippen LogP contribution in [0.3, 0.4) is 0 Å². The fraction of sp³-hybridized carbons (Fsp3) is 0.548. The van der Waals surface area contributed by atoms with Gasteiger partial charge in [-0.2, -0.15) is 0 Å². The summed E-state index contributed by atoms with van der Waals surface area (Å²) < 4.78 is 14.1. The van der Waals surface area contributed by atoms with Gasteiger partial charge in [0.25, 0.3) is 0 Å². The summed E-state index contributed by atoms with van der Waals surface area (Å²) >= 11 is 0. The highest BCUT2D eigenvalue weighted by Gasteiger charge is 2.61. The van der Waals surface area contributed by atoms with Crippen molar-refractivity contribution in [2.45, 2.75) is 111 Å². The molecule has 0 bridgehead atoms. The fourth-order valence-electron chi connectivity index (χ4n) is 5.50. The van der Waals surface area contributed by atoms with Gasteiger partial charge in [-0.05, 0) is 84.7 Å². The number of hydrogen-bond donors (Lipinski definition) is 0. The third-order valence-electron chi connectivity index (χ3n) is 7.66. The van der Waals surface area contributed by atoms with E-state index in [0.29, 0.717) is 24.0 Å². The van der Waals surface area contributed by atoms with Gasteiger partial charge in [0.2, 0.25) is 10.9 Å². The molecular weight excluding hydrogens is 451 g/mol. The van der Waals surface area contributed by atoms with E-state index in [1.54, 1.807) is 0 Å². The molecule has 0 N–H and O–H groups in total. The molecule has 1 atom stereocenters. The normalized spacial score (nSPS) is 16.3. The molecular formula is C31H42O3P+. The molecule has 0 saturated heterocycles. The standard InChI is InChI=1S/C31H42O3P/c1-19-15-23(29(5,6)7)16-20(2)25(19)27(32)31(13-11-12-14-31)35(34)28(33)26-21(3)17-24(18-22(26)4)30(8,9)10/h15-18H,11-14H2,1-10H3/q+1. The van der Waals surface area contributed by atoms with Crippen LogP contribution in [0.2, 0.25) is 0 Å². The minimum absolute atomic E-state index is 0.0302. The predicted molar refractivity (Wildman–Crippen MR) is 147 cm³/mol. The van der Waals surface area contributed by atoms with E-state index in [-0.39, 0.29) is 22.1 Å². The topological polar surface area (TPSA) is 51.2 Å². The van der Waals surface area contributed by atoms with E-state index in [2.05, 4.69) is 53.7 Å². The Morgan fingerprint density at radius 3 is 1.37 bits per heavy atom. The molecule has 1 aliphatic rings. The Bertz CT molecular complexity index is 1150. The van der Waals surface area contributed by atoms with Crippen molar-refractivity contribution in [2.24, 2.45) is 0 Å². The van der Waals surface area contributed by atoms with Gasteiger partial charge < -0.3 is 0 Å². The Morgan fingerprint density at radius 1 is 0.686 bits per heavy atom. The molecule has 1 unspecified atom stereocenters. The van der Waals surface area contributed by atoms with Crippen molar-refractivity contribution in [3.8, 4) is 0 Å². The Kier molecular flexibility index (Phi) is 7.37. The average molecular weight is 494 g/mol. The average Bonchev–Trinajstić information content (AvgIpc) is 3.21. The van der Waals surface area contributed by atoms with E-state index < -0.39 is 13.0 Å². The highest BCUT2D eigenvalue weighted by Crippen LogP contribution is 2.55. The van der Waals surface area contributed by atoms with Gasteiger partial charge in [-0.1, -0.05) is 70.4 Å². The number of benzene rings is 2. The lowest BCUT2D eigenvalue weighted by molar-refractivity contribution is 0.0929. The minimum atomic E-state index is -2.43. The summed E-state index contributed by atoms with van der Waals surface area (Å²) in [6, 6.07) is 8.23. The van der Waals surface area contributed by atoms with Crippen molar-refractivity contribution >= 4 is 19.1 Å². The quantitative estimate of drug-likeness (QED) is 0.309. The first-order valence-electron chi connectivity index (χ1n) is 12.8. The van der Waals surface area contributed by atoms with Gasteiger partial charge in [-0.25, -0.2) is 4.79 Å². The van der Waals surface area contributed by atoms with Gasteiger partial charge in [0.1, 0.15) is 0 Å². The second kappa shape index (κ2) is 9.40. The summed E-state index contributed by atoms with van der Waals surface area (Å²) in [5, 5.41) is -1.12. The maximum atomic E-state index is 14.2. The van der Waals surface area contributed by atoms with Crippen LogP contribution in [-0.2, 0) is 15.4 Å². The summed E-state index contributed by atoms with van der Waals surface area (Å²) in [5.41, 5.74) is 6.54. The Balaban J connectivity index is 2.08. The monoisotopic (exact) mass is 493 g/mol. The highest BCUT2D eigenvalue weighted by atomic mass is 31.1. The van der Waals surface area contributed by atoms with Crippen molar-refractivity contribution in [3.05, 3.63) is 68.8 Å². The molecule has 3 nitrogen and oxygen atoms in total. The van der Waals surface area contributed by atoms with Gasteiger partial charge in [-0.15, -0.1) is 0 Å². The molecule has 1 aliphatic carbocycles. The SMILES string of the molecule is Cc1cc(C(C)(C)C)cc(C)c1C(=O)[P+](=O)C1(C(=O)c2c(C)cc(C(C)(C)C)cc2C)CCCC1. The first-order valence-corrected chi connectivity index (χ1v) is 14.1. The van der Waals surface area contributed by atoms with Crippen LogP contribution < -0.4 is 0 Å². The smallest absolute Gasteiger partial charge is 0.289 e. The second-order valence-corrected chi connectivity index (χ2v) is 14.5. The lowest BCUT2D eigenvalue weighted by Gasteiger charge is -2.24. The van der Waals surface area contributed by atoms with Gasteiger partial charge in [0, 0.05) is 18.4 Å². The van der Waals surface area contributed by atoms with Crippen LogP contribution in [0.4, 0.5) is 0 Å². The summed E-state index contributed by atoms with van der Waals surface area (Å²) in [5.74, 6) is -0.110. The number of rotatable bonds is 5. The first kappa shape index (κ1) is 27.5. The molecule has 0 spiro atoms. The summed E-state index contributed by atoms with van der Waals surface area (Å²) in [6.07, 6.45) is 2.65. The summed E-state index contributed by atoms with van der Waals surface area (Å²) in [4.78, 5) is 28.0. The van der Waals surface area contributed by atoms with Crippen molar-refractivity contribution < 1.29 is 14.2 Å². The Morgan fingerprint density at radius 2 is 1.03 bits per heavy atom. The molecule has 3 rings (SSSR count). The lowest BCUT2D eigenvalue weighted by atomic mass is 9.81. The predicted octanol–water partition coefficient (Wildman–Crippen LogP) is 8.68. The molecule has 0 radical (unpaired) electrons. The molecule has 1 fully saturated rings. The maximum absolute atomic E-state index is 14.2. The highest BCUT2D eigenvalue weighted by molar-refractivity contribution is 7.67. The molecule has 2 aromatic carbocycles. The van der Waals surface area contributed by atoms with Crippen LogP contribution in [0, 0.1) is 27.7 Å². The maximum Gasteiger partial charge on any atom is 0.434 e. The molecule has 35 heavy (non-hydrogen) atoms. The van der Waals surface area contributed by atoms with E-state index >= 15 is 0 Å². The van der Waals surface area contributed by atoms with Crippen LogP contribution >= 0.6 is 7.80 Å². The zero-order valence-corrected chi connectivity index (χ0v) is 24.2. The van der Waals surface area contributed by atoms with Gasteiger partial charge >= 0.3 is 13.3 Å². The van der Waals surface area contributed by atoms with Crippen molar-refractivity contribution in [3.63, 3.8) is 0 Å². The molecule has 1 saturated carbocycles. The number of ketones is 1. The molecule has 0 aliphatic heterocycles. The van der Waals surface area contributed by atoms with Crippen LogP contribution in [-0.4, -0.2) is 16.5 Å². The van der Waals surface area contributed by atoms with Crippen LogP contribution in [0.1, 0.15) is 121 Å². The van der Waals surface area contributed by atoms with Crippen LogP contribution in [0.25, 0.3) is 0 Å². The Hall–Kier alpha value is -2.12. The van der Waals surface area contributed by atoms with Crippen LogP contribution in [0.15, 0.2) is 24.3 Å². The molecule has 0 aromatic heterocycles. The van der Waals surface area contributed by atoms with Crippen molar-refractivity contribution in [1.82, 2.24) is 0 Å². The number of Topliss-reactive ketones (excluding diaryl/α,β-unsaturated/α-hetero) is 1. The molecule has 0 heterocycles. The van der Waals surface area contributed by atoms with Crippen molar-refractivity contribution in [1.29, 1.82) is 0 Å². The van der Waals surface area contributed by atoms with E-state index in [0.717, 1.165) is 40.7 Å². The number of aryl methyl sites for hydroxylation is 4. The molecule has 4 heteroatoms. The van der Waals surface area contributed by atoms with Gasteiger partial charge in [0.15, 0.2) is 0 Å². The van der Waals surface area contributed by atoms with E-state index in [9.17, 15) is 14.2 Å². The van der Waals surface area contributed by atoms with E-state index in [1.807, 2.05) is 39.8 Å². The Labute approximate surface area is 212 Å². The van der Waals surface area contributed by atoms with Crippen molar-refractivity contribution in [2.75, 3.05) is 0 Å².